The summed E-state index contributed by atoms with van der Waals surface area (Å²) in [6.45, 7) is 16.4. The molecular formula is C51H77O5Si. The highest BCUT2D eigenvalue weighted by molar-refractivity contribution is 6.49. The summed E-state index contributed by atoms with van der Waals surface area (Å²) in [5.74, 6) is 7.92. The SMILES string of the molecule is CO[Si](C)COCCCCCCOc1ccc(/C=C/C(=O)c2ccc(OC3CCC4(C)C(CCC5C4CCC4(C)C(C(C)CCCC(C)C)CCC54)C3)cc2)cc1. The summed E-state index contributed by atoms with van der Waals surface area (Å²) >= 11 is 0. The minimum absolute atomic E-state index is 0.00458. The molecule has 315 valence electrons. The van der Waals surface area contributed by atoms with Gasteiger partial charge in [-0.1, -0.05) is 78.5 Å². The predicted molar refractivity (Wildman–Crippen MR) is 237 cm³/mol. The van der Waals surface area contributed by atoms with Gasteiger partial charge in [-0.2, -0.15) is 0 Å². The molecule has 5 nitrogen and oxygen atoms in total. The van der Waals surface area contributed by atoms with Crippen molar-refractivity contribution < 1.29 is 23.4 Å². The van der Waals surface area contributed by atoms with Crippen molar-refractivity contribution in [2.24, 2.45) is 52.3 Å². The zero-order valence-electron chi connectivity index (χ0n) is 36.9. The lowest BCUT2D eigenvalue weighted by molar-refractivity contribution is -0.126. The van der Waals surface area contributed by atoms with E-state index >= 15 is 0 Å². The zero-order chi connectivity index (χ0) is 40.4. The van der Waals surface area contributed by atoms with Crippen molar-refractivity contribution in [2.45, 2.75) is 150 Å². The van der Waals surface area contributed by atoms with E-state index in [9.17, 15) is 4.79 Å². The molecule has 0 bridgehead atoms. The van der Waals surface area contributed by atoms with Crippen LogP contribution in [0.3, 0.4) is 0 Å². The van der Waals surface area contributed by atoms with Crippen molar-refractivity contribution >= 4 is 20.9 Å². The number of ketones is 1. The van der Waals surface area contributed by atoms with Crippen LogP contribution in [-0.4, -0.2) is 47.5 Å². The van der Waals surface area contributed by atoms with Gasteiger partial charge in [-0.15, -0.1) is 0 Å². The molecule has 4 aliphatic carbocycles. The molecule has 0 N–H and O–H groups in total. The van der Waals surface area contributed by atoms with Crippen LogP contribution in [0.2, 0.25) is 6.55 Å². The third-order valence-corrected chi connectivity index (χ3v) is 17.0. The molecule has 57 heavy (non-hydrogen) atoms. The second-order valence-electron chi connectivity index (χ2n) is 19.7. The number of hydrogen-bond acceptors (Lipinski definition) is 5. The summed E-state index contributed by atoms with van der Waals surface area (Å²) in [7, 11) is 0.987. The number of allylic oxidation sites excluding steroid dienone is 1. The molecule has 0 aliphatic heterocycles. The Hall–Kier alpha value is -2.41. The van der Waals surface area contributed by atoms with E-state index in [0.717, 1.165) is 103 Å². The highest BCUT2D eigenvalue weighted by Gasteiger charge is 2.60. The van der Waals surface area contributed by atoms with Crippen molar-refractivity contribution in [1.29, 1.82) is 0 Å². The second-order valence-corrected chi connectivity index (χ2v) is 21.8. The van der Waals surface area contributed by atoms with Crippen LogP contribution >= 0.6 is 0 Å². The predicted octanol–water partition coefficient (Wildman–Crippen LogP) is 13.2. The lowest BCUT2D eigenvalue weighted by Gasteiger charge is -2.61. The molecule has 4 saturated carbocycles. The number of rotatable bonds is 21. The molecule has 4 fully saturated rings. The maximum atomic E-state index is 13.1. The van der Waals surface area contributed by atoms with E-state index in [1.54, 1.807) is 13.2 Å². The normalized spacial score (nSPS) is 30.3. The molecule has 6 rings (SSSR count). The maximum Gasteiger partial charge on any atom is 0.234 e. The minimum Gasteiger partial charge on any atom is -0.494 e. The van der Waals surface area contributed by atoms with Crippen LogP contribution in [-0.2, 0) is 9.16 Å². The van der Waals surface area contributed by atoms with Gasteiger partial charge in [0.1, 0.15) is 11.5 Å². The number of carbonyl (C=O) groups is 1. The largest absolute Gasteiger partial charge is 0.494 e. The van der Waals surface area contributed by atoms with Crippen molar-refractivity contribution in [1.82, 2.24) is 0 Å². The van der Waals surface area contributed by atoms with Crippen LogP contribution in [0.5, 0.6) is 11.5 Å². The van der Waals surface area contributed by atoms with Crippen molar-refractivity contribution in [2.75, 3.05) is 26.6 Å². The molecule has 1 radical (unpaired) electrons. The second kappa shape index (κ2) is 20.7. The number of hydrogen-bond donors (Lipinski definition) is 0. The summed E-state index contributed by atoms with van der Waals surface area (Å²) in [6, 6.07) is 15.8. The topological polar surface area (TPSA) is 54.0 Å². The third kappa shape index (κ3) is 11.3. The van der Waals surface area contributed by atoms with E-state index in [1.165, 1.54) is 70.6 Å². The molecule has 0 amide bonds. The lowest BCUT2D eigenvalue weighted by atomic mass is 9.44. The summed E-state index contributed by atoms with van der Waals surface area (Å²) in [6.07, 6.45) is 25.5. The minimum atomic E-state index is -0.770. The summed E-state index contributed by atoms with van der Waals surface area (Å²) in [4.78, 5) is 13.1. The van der Waals surface area contributed by atoms with Gasteiger partial charge in [0.25, 0.3) is 0 Å². The summed E-state index contributed by atoms with van der Waals surface area (Å²) in [5.41, 5.74) is 2.69. The van der Waals surface area contributed by atoms with Gasteiger partial charge >= 0.3 is 0 Å². The quantitative estimate of drug-likeness (QED) is 0.0545. The highest BCUT2D eigenvalue weighted by Crippen LogP contribution is 2.68. The molecule has 4 aliphatic rings. The zero-order valence-corrected chi connectivity index (χ0v) is 37.9. The van der Waals surface area contributed by atoms with Crippen molar-refractivity contribution in [3.8, 4) is 11.5 Å². The monoisotopic (exact) mass is 798 g/mol. The van der Waals surface area contributed by atoms with Gasteiger partial charge in [0, 0.05) is 19.3 Å². The molecule has 0 heterocycles. The number of fused-ring (bicyclic) bond motifs is 5. The Morgan fingerprint density at radius 3 is 2.23 bits per heavy atom. The van der Waals surface area contributed by atoms with Crippen LogP contribution < -0.4 is 9.47 Å². The molecule has 2 aromatic carbocycles. The Morgan fingerprint density at radius 2 is 1.49 bits per heavy atom. The average molecular weight is 798 g/mol. The Morgan fingerprint density at radius 1 is 0.789 bits per heavy atom. The van der Waals surface area contributed by atoms with Crippen LogP contribution in [0.25, 0.3) is 6.08 Å². The molecule has 9 atom stereocenters. The van der Waals surface area contributed by atoms with Gasteiger partial charge in [0.2, 0.25) is 9.04 Å². The molecule has 0 saturated heterocycles. The van der Waals surface area contributed by atoms with Crippen LogP contribution in [0, 0.1) is 52.3 Å². The smallest absolute Gasteiger partial charge is 0.234 e. The van der Waals surface area contributed by atoms with Gasteiger partial charge in [0.15, 0.2) is 5.78 Å². The average Bonchev–Trinajstić information content (AvgIpc) is 3.57. The fraction of sp³-hybridized carbons (Fsp3) is 0.706. The van der Waals surface area contributed by atoms with E-state index in [0.29, 0.717) is 23.0 Å². The number of benzene rings is 2. The Kier molecular flexibility index (Phi) is 16.0. The number of ether oxygens (including phenoxy) is 3. The van der Waals surface area contributed by atoms with E-state index < -0.39 is 9.04 Å². The van der Waals surface area contributed by atoms with Crippen LogP contribution in [0.1, 0.15) is 153 Å². The number of carbonyl (C=O) groups excluding carboxylic acids is 1. The Bertz CT molecular complexity index is 1550. The first kappa shape index (κ1) is 44.1. The maximum absolute atomic E-state index is 13.1. The number of unbranched alkanes of at least 4 members (excludes halogenated alkanes) is 3. The fourth-order valence-corrected chi connectivity index (χ4v) is 12.9. The molecule has 6 heteroatoms. The van der Waals surface area contributed by atoms with Gasteiger partial charge in [-0.3, -0.25) is 4.79 Å². The van der Waals surface area contributed by atoms with Crippen LogP contribution in [0.15, 0.2) is 54.6 Å². The van der Waals surface area contributed by atoms with Gasteiger partial charge in [-0.25, -0.2) is 0 Å². The summed E-state index contributed by atoms with van der Waals surface area (Å²) in [5, 5.41) is 0. The first-order valence-electron chi connectivity index (χ1n) is 23.2. The molecule has 0 spiro atoms. The van der Waals surface area contributed by atoms with E-state index in [1.807, 2.05) is 54.6 Å². The van der Waals surface area contributed by atoms with E-state index in [-0.39, 0.29) is 11.9 Å². The van der Waals surface area contributed by atoms with Gasteiger partial charge in [-0.05, 0) is 184 Å². The van der Waals surface area contributed by atoms with Gasteiger partial charge in [0.05, 0.1) is 18.9 Å². The first-order chi connectivity index (χ1) is 27.5. The molecule has 2 aromatic rings. The highest BCUT2D eigenvalue weighted by atomic mass is 28.3. The van der Waals surface area contributed by atoms with Crippen molar-refractivity contribution in [3.05, 3.63) is 65.7 Å². The van der Waals surface area contributed by atoms with Gasteiger partial charge < -0.3 is 18.6 Å². The standard InChI is InChI=1S/C51H77O5Si/c1-37(2)13-12-14-38(3)46-26-27-47-45-25-20-41-35-44(29-31-50(41,4)48(45)30-32-51(46,47)5)56-43-23-18-40(19-24-43)49(52)28-17-39-15-21-42(22-16-39)55-34-11-9-8-10-33-54-36-57(7)53-6/h15-19,21-24,28,37-38,41,44-48H,8-14,20,25-27,29-36H2,1-7H3/b28-17+. The van der Waals surface area contributed by atoms with E-state index in [2.05, 4.69) is 41.2 Å². The first-order valence-corrected chi connectivity index (χ1v) is 25.3. The van der Waals surface area contributed by atoms with E-state index in [4.69, 9.17) is 18.6 Å². The van der Waals surface area contributed by atoms with Crippen molar-refractivity contribution in [3.63, 3.8) is 0 Å². The third-order valence-electron chi connectivity index (χ3n) is 15.7. The molecule has 0 aromatic heterocycles. The fourth-order valence-electron chi connectivity index (χ4n) is 12.3. The van der Waals surface area contributed by atoms with Crippen LogP contribution in [0.4, 0.5) is 0 Å². The lowest BCUT2D eigenvalue weighted by Crippen LogP contribution is -2.54. The molecule has 9 unspecified atom stereocenters. The Labute approximate surface area is 349 Å². The Balaban J connectivity index is 0.913. The summed E-state index contributed by atoms with van der Waals surface area (Å²) < 4.78 is 23.6. The molecular weight excluding hydrogens is 721 g/mol.